The molecule has 30 heavy (non-hydrogen) atoms. The number of fused-ring (bicyclic) bond motifs is 1. The van der Waals surface area contributed by atoms with Crippen molar-refractivity contribution in [1.29, 1.82) is 0 Å². The molecule has 7 heteroatoms. The molecule has 0 N–H and O–H groups in total. The number of hydrogen-bond acceptors (Lipinski definition) is 4. The van der Waals surface area contributed by atoms with Crippen molar-refractivity contribution < 1.29 is 9.53 Å². The van der Waals surface area contributed by atoms with Crippen molar-refractivity contribution in [3.05, 3.63) is 75.2 Å². The van der Waals surface area contributed by atoms with Crippen molar-refractivity contribution in [2.24, 2.45) is 5.92 Å². The molecule has 0 unspecified atom stereocenters. The van der Waals surface area contributed by atoms with Crippen molar-refractivity contribution in [3.63, 3.8) is 0 Å². The van der Waals surface area contributed by atoms with E-state index in [9.17, 15) is 9.59 Å². The number of rotatable bonds is 8. The number of Topliss-reactive ketones (excluding diaryl/α,β-unsaturated/α-hetero) is 1. The van der Waals surface area contributed by atoms with Crippen LogP contribution in [0, 0.1) is 5.92 Å². The first kappa shape index (κ1) is 20.6. The summed E-state index contributed by atoms with van der Waals surface area (Å²) in [6.45, 7) is 0.714. The number of hydrogen-bond donors (Lipinski definition) is 0. The van der Waals surface area contributed by atoms with E-state index in [0.717, 1.165) is 18.4 Å². The number of halogens is 1. The molecule has 0 aliphatic heterocycles. The lowest BCUT2D eigenvalue weighted by Crippen LogP contribution is -2.29. The molecular weight excluding hydrogens is 402 g/mol. The maximum atomic E-state index is 12.9. The summed E-state index contributed by atoms with van der Waals surface area (Å²) in [5.41, 5.74) is 3.10. The fourth-order valence-corrected chi connectivity index (χ4v) is 4.21. The van der Waals surface area contributed by atoms with Gasteiger partial charge in [0.1, 0.15) is 6.54 Å². The summed E-state index contributed by atoms with van der Waals surface area (Å²) < 4.78 is 7.95. The second kappa shape index (κ2) is 8.98. The van der Waals surface area contributed by atoms with Gasteiger partial charge in [-0.25, -0.2) is 9.48 Å². The smallest absolute Gasteiger partial charge is 0.346 e. The van der Waals surface area contributed by atoms with Gasteiger partial charge >= 0.3 is 5.69 Å². The average molecular weight is 426 g/mol. The largest absolute Gasteiger partial charge is 0.383 e. The van der Waals surface area contributed by atoms with Crippen molar-refractivity contribution in [3.8, 4) is 11.4 Å². The quantitative estimate of drug-likeness (QED) is 0.555. The van der Waals surface area contributed by atoms with Crippen LogP contribution in [0.15, 0.2) is 53.3 Å². The van der Waals surface area contributed by atoms with Crippen molar-refractivity contribution in [1.82, 2.24) is 14.3 Å². The van der Waals surface area contributed by atoms with Gasteiger partial charge in [-0.3, -0.25) is 9.36 Å². The monoisotopic (exact) mass is 425 g/mol. The fraction of sp³-hybridized carbons (Fsp3) is 0.348. The number of carbonyl (C=O) groups excluding carboxylic acids is 1. The first-order valence-corrected chi connectivity index (χ1v) is 10.4. The van der Waals surface area contributed by atoms with Crippen LogP contribution in [0.4, 0.5) is 0 Å². The SMILES string of the molecule is COCCn1c(-c2ccc(Cl)cc2)nn(CC(=O)CC2Cc3ccccc3C2)c1=O. The van der Waals surface area contributed by atoms with Gasteiger partial charge in [-0.2, -0.15) is 0 Å². The third-order valence-electron chi connectivity index (χ3n) is 5.52. The third kappa shape index (κ3) is 4.40. The summed E-state index contributed by atoms with van der Waals surface area (Å²) in [6.07, 6.45) is 2.27. The molecule has 156 valence electrons. The molecule has 1 aliphatic rings. The van der Waals surface area contributed by atoms with Gasteiger partial charge in [-0.15, -0.1) is 5.10 Å². The first-order chi connectivity index (χ1) is 14.5. The molecule has 2 aromatic carbocycles. The lowest BCUT2D eigenvalue weighted by Gasteiger charge is -2.07. The number of methoxy groups -OCH3 is 1. The predicted octanol–water partition coefficient (Wildman–Crippen LogP) is 3.39. The van der Waals surface area contributed by atoms with E-state index in [1.54, 1.807) is 23.8 Å². The van der Waals surface area contributed by atoms with Gasteiger partial charge in [-0.05, 0) is 54.2 Å². The summed E-state index contributed by atoms with van der Waals surface area (Å²) in [7, 11) is 1.58. The number of ether oxygens (including phenoxy) is 1. The average Bonchev–Trinajstić information content (AvgIpc) is 3.27. The predicted molar refractivity (Wildman–Crippen MR) is 116 cm³/mol. The Morgan fingerprint density at radius 2 is 1.80 bits per heavy atom. The Labute approximate surface area is 180 Å². The Balaban J connectivity index is 1.51. The summed E-state index contributed by atoms with van der Waals surface area (Å²) in [6, 6.07) is 15.5. The number of ketones is 1. The molecule has 0 amide bonds. The van der Waals surface area contributed by atoms with Gasteiger partial charge in [0, 0.05) is 24.1 Å². The van der Waals surface area contributed by atoms with Crippen molar-refractivity contribution >= 4 is 17.4 Å². The lowest BCUT2D eigenvalue weighted by atomic mass is 9.99. The highest BCUT2D eigenvalue weighted by Crippen LogP contribution is 2.28. The first-order valence-electron chi connectivity index (χ1n) is 10.1. The highest BCUT2D eigenvalue weighted by atomic mass is 35.5. The van der Waals surface area contributed by atoms with Crippen LogP contribution in [0.3, 0.4) is 0 Å². The van der Waals surface area contributed by atoms with Gasteiger partial charge in [0.2, 0.25) is 0 Å². The van der Waals surface area contributed by atoms with Gasteiger partial charge < -0.3 is 4.74 Å². The molecule has 0 saturated carbocycles. The molecule has 0 spiro atoms. The molecule has 0 radical (unpaired) electrons. The Morgan fingerprint density at radius 1 is 1.13 bits per heavy atom. The zero-order chi connectivity index (χ0) is 21.1. The van der Waals surface area contributed by atoms with E-state index in [1.807, 2.05) is 24.3 Å². The minimum atomic E-state index is -0.306. The van der Waals surface area contributed by atoms with E-state index in [0.29, 0.717) is 30.4 Å². The Morgan fingerprint density at radius 3 is 2.43 bits per heavy atom. The molecule has 6 nitrogen and oxygen atoms in total. The van der Waals surface area contributed by atoms with Crippen LogP contribution < -0.4 is 5.69 Å². The van der Waals surface area contributed by atoms with E-state index >= 15 is 0 Å². The van der Waals surface area contributed by atoms with Gasteiger partial charge in [0.25, 0.3) is 0 Å². The summed E-state index contributed by atoms with van der Waals surface area (Å²) >= 11 is 5.98. The number of carbonyl (C=O) groups is 1. The van der Waals surface area contributed by atoms with Crippen LogP contribution in [0.2, 0.25) is 5.02 Å². The number of aromatic nitrogens is 3. The summed E-state index contributed by atoms with van der Waals surface area (Å²) in [5.74, 6) is 0.820. The van der Waals surface area contributed by atoms with E-state index < -0.39 is 0 Å². The van der Waals surface area contributed by atoms with Gasteiger partial charge in [0.05, 0.1) is 13.2 Å². The standard InChI is InChI=1S/C23H24ClN3O3/c1-30-11-10-26-22(17-6-8-20(24)9-7-17)25-27(23(26)29)15-21(28)14-16-12-18-4-2-3-5-19(18)13-16/h2-9,16H,10-15H2,1H3. The molecule has 1 aliphatic carbocycles. The maximum Gasteiger partial charge on any atom is 0.346 e. The normalized spacial score (nSPS) is 13.5. The highest BCUT2D eigenvalue weighted by molar-refractivity contribution is 6.30. The topological polar surface area (TPSA) is 66.1 Å². The van der Waals surface area contributed by atoms with E-state index in [1.165, 1.54) is 15.8 Å². The Kier molecular flexibility index (Phi) is 6.16. The van der Waals surface area contributed by atoms with Crippen molar-refractivity contribution in [2.75, 3.05) is 13.7 Å². The molecule has 0 fully saturated rings. The van der Waals surface area contributed by atoms with Crippen LogP contribution in [-0.2, 0) is 35.5 Å². The Hall–Kier alpha value is -2.70. The number of benzene rings is 2. The lowest BCUT2D eigenvalue weighted by molar-refractivity contribution is -0.120. The maximum absolute atomic E-state index is 12.9. The third-order valence-corrected chi connectivity index (χ3v) is 5.77. The molecule has 3 aromatic rings. The van der Waals surface area contributed by atoms with Crippen LogP contribution in [0.1, 0.15) is 17.5 Å². The molecule has 1 heterocycles. The van der Waals surface area contributed by atoms with Gasteiger partial charge in [0.15, 0.2) is 11.6 Å². The second-order valence-electron chi connectivity index (χ2n) is 7.70. The van der Waals surface area contributed by atoms with Crippen LogP contribution >= 0.6 is 11.6 Å². The van der Waals surface area contributed by atoms with Crippen LogP contribution in [0.5, 0.6) is 0 Å². The number of nitrogens with zero attached hydrogens (tertiary/aromatic N) is 3. The van der Waals surface area contributed by atoms with E-state index in [4.69, 9.17) is 16.3 Å². The molecule has 0 bridgehead atoms. The molecule has 1 aromatic heterocycles. The minimum absolute atomic E-state index is 0.0216. The van der Waals surface area contributed by atoms with Crippen LogP contribution in [-0.4, -0.2) is 33.8 Å². The zero-order valence-corrected chi connectivity index (χ0v) is 17.6. The summed E-state index contributed by atoms with van der Waals surface area (Å²) in [4.78, 5) is 25.7. The Bertz CT molecular complexity index is 1080. The zero-order valence-electron chi connectivity index (χ0n) is 16.9. The second-order valence-corrected chi connectivity index (χ2v) is 8.14. The highest BCUT2D eigenvalue weighted by Gasteiger charge is 2.24. The van der Waals surface area contributed by atoms with Crippen molar-refractivity contribution in [2.45, 2.75) is 32.4 Å². The van der Waals surface area contributed by atoms with E-state index in [2.05, 4.69) is 17.2 Å². The minimum Gasteiger partial charge on any atom is -0.383 e. The molecule has 0 saturated heterocycles. The fourth-order valence-electron chi connectivity index (χ4n) is 4.09. The molecule has 4 rings (SSSR count). The van der Waals surface area contributed by atoms with Crippen LogP contribution in [0.25, 0.3) is 11.4 Å². The molecule has 0 atom stereocenters. The van der Waals surface area contributed by atoms with Gasteiger partial charge in [-0.1, -0.05) is 35.9 Å². The molecular formula is C23H24ClN3O3. The summed E-state index contributed by atoms with van der Waals surface area (Å²) in [5, 5.41) is 5.07. The van der Waals surface area contributed by atoms with E-state index in [-0.39, 0.29) is 23.9 Å².